The fourth-order valence-electron chi connectivity index (χ4n) is 6.49. The van der Waals surface area contributed by atoms with Crippen molar-refractivity contribution in [2.75, 3.05) is 19.7 Å². The zero-order valence-electron chi connectivity index (χ0n) is 31.3. The third kappa shape index (κ3) is 33.8. The van der Waals surface area contributed by atoms with Crippen LogP contribution in [0.4, 0.5) is 0 Å². The van der Waals surface area contributed by atoms with E-state index in [-0.39, 0.29) is 0 Å². The second-order valence-electron chi connectivity index (χ2n) is 14.2. The molecule has 0 aromatic rings. The van der Waals surface area contributed by atoms with Crippen LogP contribution >= 0.6 is 7.75 Å². The van der Waals surface area contributed by atoms with Gasteiger partial charge in [0.2, 0.25) is 0 Å². The van der Waals surface area contributed by atoms with E-state index >= 15 is 0 Å². The van der Waals surface area contributed by atoms with Gasteiger partial charge in [0.05, 0.1) is 6.61 Å². The van der Waals surface area contributed by atoms with Crippen molar-refractivity contribution in [1.29, 1.82) is 0 Å². The summed E-state index contributed by atoms with van der Waals surface area (Å²) in [5.41, 5.74) is 0. The largest absolute Gasteiger partial charge is 0.405 e. The minimum atomic E-state index is -3.69. The van der Waals surface area contributed by atoms with Gasteiger partial charge in [-0.3, -0.25) is 4.52 Å². The summed E-state index contributed by atoms with van der Waals surface area (Å²) in [6, 6.07) is 0. The van der Waals surface area contributed by atoms with Crippen LogP contribution in [0.5, 0.6) is 0 Å². The normalized spacial score (nSPS) is 13.2. The van der Waals surface area contributed by atoms with Gasteiger partial charge < -0.3 is 4.89 Å². The topological polar surface area (TPSA) is 49.8 Å². The standard InChI is InChI=1S/C40H84NO3P/c1-4-7-10-13-15-17-19-21-23-25-27-29-31-33-35-38-41(45(42,43)44-40-37-12-9-6-3)39-36-34-32-30-28-26-24-22-20-18-16-14-11-8-5-2/h4-40H2,1-3H3,(H,42,43). The molecule has 1 N–H and O–H groups in total. The fourth-order valence-corrected chi connectivity index (χ4v) is 7.81. The van der Waals surface area contributed by atoms with E-state index in [4.69, 9.17) is 4.52 Å². The van der Waals surface area contributed by atoms with Gasteiger partial charge in [-0.05, 0) is 19.3 Å². The lowest BCUT2D eigenvalue weighted by atomic mass is 10.0. The zero-order valence-corrected chi connectivity index (χ0v) is 32.2. The average Bonchev–Trinajstić information content (AvgIpc) is 3.03. The van der Waals surface area contributed by atoms with E-state index in [2.05, 4.69) is 20.8 Å². The molecule has 1 atom stereocenters. The van der Waals surface area contributed by atoms with Crippen LogP contribution in [-0.2, 0) is 9.09 Å². The molecule has 45 heavy (non-hydrogen) atoms. The minimum absolute atomic E-state index is 0.405. The lowest BCUT2D eigenvalue weighted by Gasteiger charge is -2.26. The van der Waals surface area contributed by atoms with E-state index in [9.17, 15) is 9.46 Å². The summed E-state index contributed by atoms with van der Waals surface area (Å²) in [7, 11) is -3.69. The van der Waals surface area contributed by atoms with E-state index < -0.39 is 7.75 Å². The Balaban J connectivity index is 4.02. The summed E-state index contributed by atoms with van der Waals surface area (Å²) in [5, 5.41) is 0. The third-order valence-corrected chi connectivity index (χ3v) is 11.3. The molecule has 0 aliphatic heterocycles. The summed E-state index contributed by atoms with van der Waals surface area (Å²) in [6.07, 6.45) is 44.5. The van der Waals surface area contributed by atoms with E-state index in [1.807, 2.05) is 0 Å². The Morgan fingerprint density at radius 3 is 0.867 bits per heavy atom. The molecule has 0 fully saturated rings. The van der Waals surface area contributed by atoms with E-state index in [1.165, 1.54) is 180 Å². The van der Waals surface area contributed by atoms with Crippen molar-refractivity contribution in [3.63, 3.8) is 0 Å². The molecule has 0 aliphatic carbocycles. The van der Waals surface area contributed by atoms with Gasteiger partial charge in [0.25, 0.3) is 0 Å². The molecule has 5 heteroatoms. The maximum Gasteiger partial charge on any atom is 0.405 e. The number of hydrogen-bond acceptors (Lipinski definition) is 2. The maximum absolute atomic E-state index is 13.2. The molecule has 1 unspecified atom stereocenters. The molecule has 0 bridgehead atoms. The third-order valence-electron chi connectivity index (χ3n) is 9.65. The van der Waals surface area contributed by atoms with Crippen molar-refractivity contribution in [1.82, 2.24) is 4.67 Å². The Morgan fingerprint density at radius 2 is 0.600 bits per heavy atom. The summed E-state index contributed by atoms with van der Waals surface area (Å²) in [6.45, 7) is 8.56. The zero-order chi connectivity index (χ0) is 32.9. The molecule has 0 saturated carbocycles. The summed E-state index contributed by atoms with van der Waals surface area (Å²) in [4.78, 5) is 10.8. The van der Waals surface area contributed by atoms with Crippen molar-refractivity contribution in [3.05, 3.63) is 0 Å². The van der Waals surface area contributed by atoms with Gasteiger partial charge in [0, 0.05) is 13.1 Å². The van der Waals surface area contributed by atoms with Crippen LogP contribution in [-0.4, -0.2) is 29.3 Å². The van der Waals surface area contributed by atoms with Crippen LogP contribution in [0.25, 0.3) is 0 Å². The summed E-state index contributed by atoms with van der Waals surface area (Å²) < 4.78 is 20.6. The molecule has 272 valence electrons. The van der Waals surface area contributed by atoms with Crippen LogP contribution in [0.3, 0.4) is 0 Å². The van der Waals surface area contributed by atoms with Crippen molar-refractivity contribution in [3.8, 4) is 0 Å². The second-order valence-corrected chi connectivity index (χ2v) is 16.0. The summed E-state index contributed by atoms with van der Waals surface area (Å²) >= 11 is 0. The molecule has 0 amide bonds. The molecule has 0 aromatic carbocycles. The first-order chi connectivity index (χ1) is 22.1. The Morgan fingerprint density at radius 1 is 0.378 bits per heavy atom. The van der Waals surface area contributed by atoms with Gasteiger partial charge in [0.1, 0.15) is 0 Å². The Labute approximate surface area is 284 Å². The second kappa shape index (κ2) is 36.9. The van der Waals surface area contributed by atoms with Crippen LogP contribution < -0.4 is 0 Å². The molecule has 0 aromatic heterocycles. The van der Waals surface area contributed by atoms with Crippen molar-refractivity contribution < 1.29 is 14.0 Å². The summed E-state index contributed by atoms with van der Waals surface area (Å²) in [5.74, 6) is 0. The van der Waals surface area contributed by atoms with Gasteiger partial charge in [0.15, 0.2) is 0 Å². The predicted octanol–water partition coefficient (Wildman–Crippen LogP) is 14.7. The van der Waals surface area contributed by atoms with Crippen LogP contribution in [0.2, 0.25) is 0 Å². The van der Waals surface area contributed by atoms with E-state index in [1.54, 1.807) is 4.67 Å². The van der Waals surface area contributed by atoms with Crippen LogP contribution in [0.15, 0.2) is 0 Å². The Bertz CT molecular complexity index is 568. The molecule has 0 radical (unpaired) electrons. The molecule has 0 heterocycles. The predicted molar refractivity (Wildman–Crippen MR) is 201 cm³/mol. The monoisotopic (exact) mass is 658 g/mol. The van der Waals surface area contributed by atoms with Crippen LogP contribution in [0.1, 0.15) is 239 Å². The van der Waals surface area contributed by atoms with E-state index in [0.29, 0.717) is 19.7 Å². The lowest BCUT2D eigenvalue weighted by molar-refractivity contribution is 0.194. The molecule has 0 spiro atoms. The lowest BCUT2D eigenvalue weighted by Crippen LogP contribution is -2.24. The van der Waals surface area contributed by atoms with Crippen LogP contribution in [0, 0.1) is 0 Å². The Hall–Kier alpha value is 0.110. The van der Waals surface area contributed by atoms with Crippen molar-refractivity contribution in [2.24, 2.45) is 0 Å². The highest BCUT2D eigenvalue weighted by atomic mass is 31.2. The highest BCUT2D eigenvalue weighted by Gasteiger charge is 2.28. The number of rotatable bonds is 39. The molecule has 0 rings (SSSR count). The van der Waals surface area contributed by atoms with Gasteiger partial charge in [-0.15, -0.1) is 0 Å². The average molecular weight is 658 g/mol. The minimum Gasteiger partial charge on any atom is -0.312 e. The molecule has 4 nitrogen and oxygen atoms in total. The maximum atomic E-state index is 13.2. The molecular weight excluding hydrogens is 573 g/mol. The van der Waals surface area contributed by atoms with Crippen molar-refractivity contribution >= 4 is 7.75 Å². The first kappa shape index (κ1) is 45.1. The highest BCUT2D eigenvalue weighted by Crippen LogP contribution is 2.47. The first-order valence-corrected chi connectivity index (χ1v) is 22.3. The number of unbranched alkanes of at least 4 members (excludes halogenated alkanes) is 31. The molecule has 0 aliphatic rings. The van der Waals surface area contributed by atoms with E-state index in [0.717, 1.165) is 38.5 Å². The smallest absolute Gasteiger partial charge is 0.312 e. The Kier molecular flexibility index (Phi) is 37.0. The fraction of sp³-hybridized carbons (Fsp3) is 1.00. The SMILES string of the molecule is CCCCCCCCCCCCCCCCCN(CCCCCCCCCCCCCCCCC)P(=O)(O)OCCCCCC. The highest BCUT2D eigenvalue weighted by molar-refractivity contribution is 7.50. The number of hydrogen-bond donors (Lipinski definition) is 1. The molecule has 0 saturated heterocycles. The van der Waals surface area contributed by atoms with Crippen molar-refractivity contribution in [2.45, 2.75) is 239 Å². The quantitative estimate of drug-likeness (QED) is 0.0528. The van der Waals surface area contributed by atoms with Gasteiger partial charge >= 0.3 is 7.75 Å². The molecular formula is C40H84NO3P. The number of nitrogens with zero attached hydrogens (tertiary/aromatic N) is 1. The van der Waals surface area contributed by atoms with Gasteiger partial charge in [-0.2, -0.15) is 0 Å². The van der Waals surface area contributed by atoms with Gasteiger partial charge in [-0.25, -0.2) is 9.24 Å². The van der Waals surface area contributed by atoms with Gasteiger partial charge in [-0.1, -0.05) is 220 Å². The first-order valence-electron chi connectivity index (χ1n) is 20.8.